The molecule has 0 amide bonds. The second-order valence-corrected chi connectivity index (χ2v) is 12.0. The molecule has 41 heavy (non-hydrogen) atoms. The minimum atomic E-state index is -0.661. The highest BCUT2D eigenvalue weighted by molar-refractivity contribution is 5.69. The molecule has 0 rings (SSSR count). The Hall–Kier alpha value is -1.58. The second kappa shape index (κ2) is 36.4. The first-order valence-electron chi connectivity index (χ1n) is 17.7. The van der Waals surface area contributed by atoms with Gasteiger partial charge in [0, 0.05) is 6.42 Å². The van der Waals surface area contributed by atoms with E-state index in [0.717, 1.165) is 25.7 Å². The summed E-state index contributed by atoms with van der Waals surface area (Å²) in [4.78, 5) is 21.0. The van der Waals surface area contributed by atoms with Crippen molar-refractivity contribution in [2.24, 2.45) is 5.92 Å². The number of hydrogen-bond acceptors (Lipinski definition) is 2. The Balaban J connectivity index is 0. The van der Waals surface area contributed by atoms with Crippen LogP contribution in [0.2, 0.25) is 0 Å². The van der Waals surface area contributed by atoms with E-state index in [1.54, 1.807) is 6.92 Å². The molecule has 0 aromatic heterocycles. The Morgan fingerprint density at radius 3 is 1.15 bits per heavy atom. The first-order chi connectivity index (χ1) is 20.0. The van der Waals surface area contributed by atoms with Crippen LogP contribution in [-0.2, 0) is 9.59 Å². The number of carboxylic acid groups (broad SMARTS) is 2. The highest BCUT2D eigenvalue weighted by Gasteiger charge is 2.09. The summed E-state index contributed by atoms with van der Waals surface area (Å²) >= 11 is 0. The van der Waals surface area contributed by atoms with Crippen LogP contribution in [0.15, 0.2) is 24.3 Å². The molecule has 4 nitrogen and oxygen atoms in total. The molecule has 242 valence electrons. The molecular weight excluding hydrogens is 508 g/mol. The van der Waals surface area contributed by atoms with Gasteiger partial charge in [0.25, 0.3) is 0 Å². The van der Waals surface area contributed by atoms with Crippen LogP contribution in [0.1, 0.15) is 194 Å². The van der Waals surface area contributed by atoms with Gasteiger partial charge in [-0.05, 0) is 64.2 Å². The molecule has 0 radical (unpaired) electrons. The van der Waals surface area contributed by atoms with Crippen LogP contribution in [-0.4, -0.2) is 22.2 Å². The number of carboxylic acids is 2. The number of unbranched alkanes of at least 4 members (excludes halogenated alkanes) is 21. The van der Waals surface area contributed by atoms with Crippen molar-refractivity contribution in [3.63, 3.8) is 0 Å². The molecule has 0 saturated carbocycles. The van der Waals surface area contributed by atoms with Gasteiger partial charge in [0.1, 0.15) is 0 Å². The Morgan fingerprint density at radius 2 is 0.805 bits per heavy atom. The first-order valence-corrected chi connectivity index (χ1v) is 17.7. The van der Waals surface area contributed by atoms with E-state index in [9.17, 15) is 9.59 Å². The largest absolute Gasteiger partial charge is 0.481 e. The Kier molecular flexibility index (Phi) is 36.9. The fourth-order valence-electron chi connectivity index (χ4n) is 4.81. The maximum absolute atomic E-state index is 10.7. The molecule has 0 aliphatic heterocycles. The van der Waals surface area contributed by atoms with Crippen LogP contribution in [0.25, 0.3) is 0 Å². The summed E-state index contributed by atoms with van der Waals surface area (Å²) in [5, 5.41) is 17.3. The Bertz CT molecular complexity index is 596. The van der Waals surface area contributed by atoms with E-state index >= 15 is 0 Å². The highest BCUT2D eigenvalue weighted by Crippen LogP contribution is 2.13. The van der Waals surface area contributed by atoms with Crippen molar-refractivity contribution in [1.29, 1.82) is 0 Å². The monoisotopic (exact) mass is 579 g/mol. The van der Waals surface area contributed by atoms with E-state index in [4.69, 9.17) is 10.2 Å². The van der Waals surface area contributed by atoms with Gasteiger partial charge >= 0.3 is 11.9 Å². The molecular formula is C37H70O4. The quantitative estimate of drug-likeness (QED) is 0.0656. The number of hydrogen-bond donors (Lipinski definition) is 2. The van der Waals surface area contributed by atoms with E-state index in [1.165, 1.54) is 141 Å². The van der Waals surface area contributed by atoms with Crippen molar-refractivity contribution in [1.82, 2.24) is 0 Å². The van der Waals surface area contributed by atoms with Crippen molar-refractivity contribution >= 4 is 11.9 Å². The lowest BCUT2D eigenvalue weighted by atomic mass is 10.0. The molecule has 1 atom stereocenters. The van der Waals surface area contributed by atoms with Crippen LogP contribution in [0.5, 0.6) is 0 Å². The molecule has 0 fully saturated rings. The van der Waals surface area contributed by atoms with Gasteiger partial charge in [0.15, 0.2) is 0 Å². The lowest BCUT2D eigenvalue weighted by Gasteiger charge is -2.05. The average Bonchev–Trinajstić information content (AvgIpc) is 2.95. The third-order valence-electron chi connectivity index (χ3n) is 7.72. The summed E-state index contributed by atoms with van der Waals surface area (Å²) in [6.45, 7) is 6.31. The number of carbonyl (C=O) groups is 2. The molecule has 2 N–H and O–H groups in total. The summed E-state index contributed by atoms with van der Waals surface area (Å²) < 4.78 is 0. The summed E-state index contributed by atoms with van der Waals surface area (Å²) in [5.41, 5.74) is 0. The van der Waals surface area contributed by atoms with Crippen molar-refractivity contribution < 1.29 is 19.8 Å². The lowest BCUT2D eigenvalue weighted by molar-refractivity contribution is -0.141. The molecule has 0 aromatic carbocycles. The maximum Gasteiger partial charge on any atom is 0.306 e. The van der Waals surface area contributed by atoms with Gasteiger partial charge in [0.2, 0.25) is 0 Å². The summed E-state index contributed by atoms with van der Waals surface area (Å²) in [6, 6.07) is 0. The zero-order valence-corrected chi connectivity index (χ0v) is 27.7. The molecule has 0 bridgehead atoms. The predicted octanol–water partition coefficient (Wildman–Crippen LogP) is 12.5. The molecule has 0 aliphatic carbocycles. The molecule has 0 aliphatic rings. The Morgan fingerprint density at radius 1 is 0.488 bits per heavy atom. The van der Waals surface area contributed by atoms with E-state index in [2.05, 4.69) is 38.2 Å². The standard InChI is InChI=1S/C19H36O2.C18H34O2/c1-3-4-5-6-7-8-9-10-11-12-13-14-15-16-17-18(2)19(20)21;1-2-3-4-5-6-7-8-9-10-11-12-13-14-15-16-17-18(19)20/h8-9,18H,3-7,10-17H2,1-2H3,(H,20,21);7-8H,2-6,9-17H2,1H3,(H,19,20)/b;8-7+. The predicted molar refractivity (Wildman–Crippen MR) is 179 cm³/mol. The van der Waals surface area contributed by atoms with E-state index in [-0.39, 0.29) is 5.92 Å². The van der Waals surface area contributed by atoms with E-state index in [1.807, 2.05) is 0 Å². The topological polar surface area (TPSA) is 74.6 Å². The minimum Gasteiger partial charge on any atom is -0.481 e. The van der Waals surface area contributed by atoms with Gasteiger partial charge in [-0.2, -0.15) is 0 Å². The van der Waals surface area contributed by atoms with E-state index in [0.29, 0.717) is 6.42 Å². The average molecular weight is 579 g/mol. The second-order valence-electron chi connectivity index (χ2n) is 12.0. The van der Waals surface area contributed by atoms with Crippen LogP contribution >= 0.6 is 0 Å². The van der Waals surface area contributed by atoms with Gasteiger partial charge in [-0.1, -0.05) is 148 Å². The normalized spacial score (nSPS) is 12.1. The van der Waals surface area contributed by atoms with Crippen LogP contribution in [0, 0.1) is 5.92 Å². The fourth-order valence-corrected chi connectivity index (χ4v) is 4.81. The first kappa shape index (κ1) is 41.6. The van der Waals surface area contributed by atoms with Gasteiger partial charge in [-0.3, -0.25) is 9.59 Å². The van der Waals surface area contributed by atoms with Gasteiger partial charge < -0.3 is 10.2 Å². The lowest BCUT2D eigenvalue weighted by Crippen LogP contribution is -2.08. The SMILES string of the molecule is CCCCCC/C=C/CCCCCCCCCC(=O)O.CCCCCCC=CCCCCCCCCC(C)C(=O)O. The molecule has 0 aromatic rings. The molecule has 0 saturated heterocycles. The third-order valence-corrected chi connectivity index (χ3v) is 7.72. The number of aliphatic carboxylic acids is 2. The zero-order chi connectivity index (χ0) is 30.7. The van der Waals surface area contributed by atoms with Crippen LogP contribution < -0.4 is 0 Å². The van der Waals surface area contributed by atoms with Crippen molar-refractivity contribution in [2.75, 3.05) is 0 Å². The zero-order valence-electron chi connectivity index (χ0n) is 27.7. The number of allylic oxidation sites excluding steroid dienone is 4. The molecule has 1 unspecified atom stereocenters. The highest BCUT2D eigenvalue weighted by atomic mass is 16.4. The van der Waals surface area contributed by atoms with E-state index < -0.39 is 11.9 Å². The maximum atomic E-state index is 10.7. The number of rotatable bonds is 30. The van der Waals surface area contributed by atoms with Gasteiger partial charge in [-0.15, -0.1) is 0 Å². The van der Waals surface area contributed by atoms with Crippen LogP contribution in [0.3, 0.4) is 0 Å². The smallest absolute Gasteiger partial charge is 0.306 e. The molecule has 0 heterocycles. The molecule has 0 spiro atoms. The minimum absolute atomic E-state index is 0.174. The summed E-state index contributed by atoms with van der Waals surface area (Å²) in [5.74, 6) is -1.49. The van der Waals surface area contributed by atoms with Crippen LogP contribution in [0.4, 0.5) is 0 Å². The van der Waals surface area contributed by atoms with Crippen molar-refractivity contribution in [2.45, 2.75) is 194 Å². The summed E-state index contributed by atoms with van der Waals surface area (Å²) in [7, 11) is 0. The van der Waals surface area contributed by atoms with Gasteiger partial charge in [0.05, 0.1) is 5.92 Å². The fraction of sp³-hybridized carbons (Fsp3) is 0.838. The summed E-state index contributed by atoms with van der Waals surface area (Å²) in [6.07, 6.45) is 42.1. The Labute approximate surface area is 255 Å². The van der Waals surface area contributed by atoms with Gasteiger partial charge in [-0.25, -0.2) is 0 Å². The van der Waals surface area contributed by atoms with Crippen molar-refractivity contribution in [3.05, 3.63) is 24.3 Å². The molecule has 4 heteroatoms. The van der Waals surface area contributed by atoms with Crippen molar-refractivity contribution in [3.8, 4) is 0 Å². The third kappa shape index (κ3) is 40.6.